The van der Waals surface area contributed by atoms with Crippen molar-refractivity contribution in [1.29, 1.82) is 0 Å². The van der Waals surface area contributed by atoms with Gasteiger partial charge in [-0.2, -0.15) is 0 Å². The largest absolute Gasteiger partial charge is 0.348 e. The highest BCUT2D eigenvalue weighted by Gasteiger charge is 2.14. The number of carbonyl (C=O) groups is 1. The van der Waals surface area contributed by atoms with Crippen LogP contribution in [-0.4, -0.2) is 39.5 Å². The average Bonchev–Trinajstić information content (AvgIpc) is 3.63. The molecule has 0 spiro atoms. The smallest absolute Gasteiger partial charge is 0.162 e. The second-order valence-electron chi connectivity index (χ2n) is 11.5. The molecule has 1 aliphatic rings. The first-order valence-corrected chi connectivity index (χ1v) is 14.2. The maximum atomic E-state index is 12.7. The van der Waals surface area contributed by atoms with Crippen LogP contribution in [0.5, 0.6) is 0 Å². The maximum Gasteiger partial charge on any atom is 0.162 e. The van der Waals surface area contributed by atoms with Gasteiger partial charge in [-0.25, -0.2) is 4.98 Å². The Morgan fingerprint density at radius 3 is 2.38 bits per heavy atom. The SMILES string of the molecule is CC(C)(C)c1ccc(CNCCCCCC(=O)c2ccc(CN(CC3=NC=CC3)Cc3ncc[nH]3)cc2)cc1. The third-order valence-corrected chi connectivity index (χ3v) is 7.14. The number of aliphatic imine (C=N–C) groups is 1. The number of aromatic amines is 1. The lowest BCUT2D eigenvalue weighted by Crippen LogP contribution is -2.29. The summed E-state index contributed by atoms with van der Waals surface area (Å²) in [5.74, 6) is 1.17. The van der Waals surface area contributed by atoms with E-state index in [-0.39, 0.29) is 11.2 Å². The van der Waals surface area contributed by atoms with Gasteiger partial charge < -0.3 is 10.3 Å². The van der Waals surface area contributed by atoms with Crippen molar-refractivity contribution in [2.75, 3.05) is 13.1 Å². The lowest BCUT2D eigenvalue weighted by atomic mass is 9.87. The van der Waals surface area contributed by atoms with Gasteiger partial charge in [-0.1, -0.05) is 81.8 Å². The van der Waals surface area contributed by atoms with E-state index in [1.807, 2.05) is 24.5 Å². The number of aromatic nitrogens is 2. The van der Waals surface area contributed by atoms with Gasteiger partial charge in [0.1, 0.15) is 5.82 Å². The van der Waals surface area contributed by atoms with Gasteiger partial charge >= 0.3 is 0 Å². The Hall–Kier alpha value is -3.35. The molecule has 3 aromatic rings. The highest BCUT2D eigenvalue weighted by atomic mass is 16.1. The summed E-state index contributed by atoms with van der Waals surface area (Å²) in [6.07, 6.45) is 12.2. The highest BCUT2D eigenvalue weighted by Crippen LogP contribution is 2.22. The molecule has 0 saturated heterocycles. The number of H-pyrrole nitrogens is 1. The Bertz CT molecular complexity index is 1220. The molecule has 2 N–H and O–H groups in total. The Balaban J connectivity index is 1.14. The first kappa shape index (κ1) is 28.7. The van der Waals surface area contributed by atoms with Crippen LogP contribution in [0.25, 0.3) is 0 Å². The number of ketones is 1. The van der Waals surface area contributed by atoms with Crippen LogP contribution in [0, 0.1) is 0 Å². The van der Waals surface area contributed by atoms with Crippen LogP contribution in [0.4, 0.5) is 0 Å². The summed E-state index contributed by atoms with van der Waals surface area (Å²) in [4.78, 5) is 27.1. The third-order valence-electron chi connectivity index (χ3n) is 7.14. The summed E-state index contributed by atoms with van der Waals surface area (Å²) in [7, 11) is 0. The Morgan fingerprint density at radius 1 is 0.949 bits per heavy atom. The van der Waals surface area contributed by atoms with Crippen molar-refractivity contribution in [3.8, 4) is 0 Å². The third kappa shape index (κ3) is 9.41. The molecule has 4 rings (SSSR count). The molecule has 1 aliphatic heterocycles. The summed E-state index contributed by atoms with van der Waals surface area (Å²) >= 11 is 0. The summed E-state index contributed by atoms with van der Waals surface area (Å²) < 4.78 is 0. The van der Waals surface area contributed by atoms with Crippen LogP contribution in [0.3, 0.4) is 0 Å². The fourth-order valence-electron chi connectivity index (χ4n) is 4.79. The van der Waals surface area contributed by atoms with E-state index < -0.39 is 0 Å². The molecule has 0 amide bonds. The van der Waals surface area contributed by atoms with Crippen LogP contribution < -0.4 is 5.32 Å². The predicted octanol–water partition coefficient (Wildman–Crippen LogP) is 6.60. The van der Waals surface area contributed by atoms with Crippen molar-refractivity contribution in [2.45, 2.75) is 77.9 Å². The minimum absolute atomic E-state index is 0.191. The van der Waals surface area contributed by atoms with E-state index in [4.69, 9.17) is 0 Å². The standard InChI is InChI=1S/C33H43N5O/c1-33(2,3)29-16-12-26(13-17-29)22-34-18-6-4-5-9-31(39)28-14-10-27(11-15-28)23-38(24-30-8-7-19-35-30)25-32-36-20-21-37-32/h7,10-17,19-21,34H,4-6,8-9,18,22-25H2,1-3H3,(H,36,37). The molecule has 0 saturated carbocycles. The van der Waals surface area contributed by atoms with Gasteiger partial charge in [0, 0.05) is 62.3 Å². The molecule has 0 radical (unpaired) electrons. The molecule has 1 aromatic heterocycles. The van der Waals surface area contributed by atoms with Crippen LogP contribution in [0.1, 0.15) is 85.7 Å². The molecule has 0 fully saturated rings. The molecule has 206 valence electrons. The van der Waals surface area contributed by atoms with Crippen LogP contribution >= 0.6 is 0 Å². The van der Waals surface area contributed by atoms with E-state index in [1.165, 1.54) is 22.4 Å². The number of imidazole rings is 1. The number of carbonyl (C=O) groups excluding carboxylic acids is 1. The molecule has 0 atom stereocenters. The van der Waals surface area contributed by atoms with Gasteiger partial charge in [0.05, 0.1) is 6.54 Å². The molecular formula is C33H43N5O. The number of hydrogen-bond donors (Lipinski definition) is 2. The molecule has 39 heavy (non-hydrogen) atoms. The van der Waals surface area contributed by atoms with Gasteiger partial charge in [-0.05, 0) is 41.5 Å². The predicted molar refractivity (Wildman–Crippen MR) is 160 cm³/mol. The molecule has 2 aromatic carbocycles. The first-order valence-electron chi connectivity index (χ1n) is 14.2. The second kappa shape index (κ2) is 14.2. The minimum atomic E-state index is 0.191. The van der Waals surface area contributed by atoms with E-state index in [1.54, 1.807) is 6.20 Å². The van der Waals surface area contributed by atoms with E-state index in [0.717, 1.165) is 69.8 Å². The van der Waals surface area contributed by atoms with Gasteiger partial charge in [0.2, 0.25) is 0 Å². The number of Topliss-reactive ketones (excluding diaryl/α,β-unsaturated/α-hetero) is 1. The summed E-state index contributed by atoms with van der Waals surface area (Å²) in [5, 5.41) is 3.53. The molecule has 0 unspecified atom stereocenters. The number of nitrogens with one attached hydrogen (secondary N) is 2. The van der Waals surface area contributed by atoms with Crippen molar-refractivity contribution in [3.63, 3.8) is 0 Å². The van der Waals surface area contributed by atoms with E-state index in [9.17, 15) is 4.79 Å². The average molecular weight is 526 g/mol. The van der Waals surface area contributed by atoms with Crippen LogP contribution in [-0.2, 0) is 25.0 Å². The zero-order valence-corrected chi connectivity index (χ0v) is 23.7. The highest BCUT2D eigenvalue weighted by molar-refractivity contribution is 5.96. The van der Waals surface area contributed by atoms with Crippen LogP contribution in [0.15, 0.2) is 78.2 Å². The number of allylic oxidation sites excluding steroid dienone is 1. The Morgan fingerprint density at radius 2 is 1.72 bits per heavy atom. The zero-order chi connectivity index (χ0) is 27.5. The summed E-state index contributed by atoms with van der Waals surface area (Å²) in [6, 6.07) is 17.0. The normalized spacial score (nSPS) is 13.3. The zero-order valence-electron chi connectivity index (χ0n) is 23.7. The molecule has 6 nitrogen and oxygen atoms in total. The summed E-state index contributed by atoms with van der Waals surface area (Å²) in [6.45, 7) is 10.9. The Kier molecular flexibility index (Phi) is 10.4. The summed E-state index contributed by atoms with van der Waals surface area (Å²) in [5.41, 5.74) is 6.02. The van der Waals surface area contributed by atoms with E-state index in [0.29, 0.717) is 6.42 Å². The van der Waals surface area contributed by atoms with Crippen molar-refractivity contribution in [2.24, 2.45) is 4.99 Å². The molecule has 0 aliphatic carbocycles. The minimum Gasteiger partial charge on any atom is -0.348 e. The van der Waals surface area contributed by atoms with E-state index in [2.05, 4.69) is 88.4 Å². The molecular weight excluding hydrogens is 482 g/mol. The van der Waals surface area contributed by atoms with Gasteiger partial charge in [-0.15, -0.1) is 0 Å². The molecule has 6 heteroatoms. The van der Waals surface area contributed by atoms with Crippen molar-refractivity contribution in [1.82, 2.24) is 20.2 Å². The lowest BCUT2D eigenvalue weighted by Gasteiger charge is -2.21. The van der Waals surface area contributed by atoms with Gasteiger partial charge in [-0.3, -0.25) is 14.7 Å². The fraction of sp³-hybridized carbons (Fsp3) is 0.424. The number of hydrogen-bond acceptors (Lipinski definition) is 5. The Labute approximate surface area is 233 Å². The first-order chi connectivity index (χ1) is 18.9. The number of nitrogens with zero attached hydrogens (tertiary/aromatic N) is 3. The number of unbranched alkanes of at least 4 members (excludes halogenated alkanes) is 2. The van der Waals surface area contributed by atoms with Crippen molar-refractivity contribution in [3.05, 3.63) is 101 Å². The van der Waals surface area contributed by atoms with E-state index >= 15 is 0 Å². The maximum absolute atomic E-state index is 12.7. The lowest BCUT2D eigenvalue weighted by molar-refractivity contribution is 0.0979. The molecule has 2 heterocycles. The van der Waals surface area contributed by atoms with Gasteiger partial charge in [0.25, 0.3) is 0 Å². The number of rotatable bonds is 15. The van der Waals surface area contributed by atoms with Gasteiger partial charge in [0.15, 0.2) is 5.78 Å². The number of benzene rings is 2. The van der Waals surface area contributed by atoms with Crippen LogP contribution in [0.2, 0.25) is 0 Å². The topological polar surface area (TPSA) is 73.4 Å². The monoisotopic (exact) mass is 525 g/mol. The second-order valence-corrected chi connectivity index (χ2v) is 11.5. The quantitative estimate of drug-likeness (QED) is 0.173. The molecule has 0 bridgehead atoms. The van der Waals surface area contributed by atoms with Crippen molar-refractivity contribution < 1.29 is 4.79 Å². The van der Waals surface area contributed by atoms with Crippen molar-refractivity contribution >= 4 is 11.5 Å². The fourth-order valence-corrected chi connectivity index (χ4v) is 4.79.